The van der Waals surface area contributed by atoms with Gasteiger partial charge in [0.25, 0.3) is 0 Å². The van der Waals surface area contributed by atoms with Crippen LogP contribution in [0.25, 0.3) is 0 Å². The van der Waals surface area contributed by atoms with Crippen molar-refractivity contribution in [3.63, 3.8) is 0 Å². The number of rotatable bonds is 6. The molecule has 7 heteroatoms. The molecule has 6 nitrogen and oxygen atoms in total. The van der Waals surface area contributed by atoms with Crippen molar-refractivity contribution in [2.75, 3.05) is 37.6 Å². The maximum absolute atomic E-state index is 13.6. The zero-order chi connectivity index (χ0) is 24.0. The maximum Gasteiger partial charge on any atom is 0.243 e. The fourth-order valence-corrected chi connectivity index (χ4v) is 6.81. The number of anilines is 1. The van der Waals surface area contributed by atoms with E-state index in [0.29, 0.717) is 19.0 Å². The molecular formula is C28H38N4O2S. The van der Waals surface area contributed by atoms with Crippen LogP contribution in [-0.4, -0.2) is 59.3 Å². The normalized spacial score (nSPS) is 19.7. The third-order valence-corrected chi connectivity index (χ3v) is 8.94. The lowest BCUT2D eigenvalue weighted by atomic mass is 9.95. The van der Waals surface area contributed by atoms with Crippen LogP contribution in [-0.2, 0) is 29.0 Å². The van der Waals surface area contributed by atoms with Crippen molar-refractivity contribution < 1.29 is 9.59 Å². The minimum Gasteiger partial charge on any atom is -0.342 e. The molecule has 3 heterocycles. The van der Waals surface area contributed by atoms with E-state index in [4.69, 9.17) is 4.98 Å². The number of benzene rings is 1. The molecule has 3 aliphatic rings. The molecular weight excluding hydrogens is 456 g/mol. The number of hydrogen-bond donors (Lipinski definition) is 0. The Morgan fingerprint density at radius 1 is 0.914 bits per heavy atom. The first-order chi connectivity index (χ1) is 17.2. The van der Waals surface area contributed by atoms with Gasteiger partial charge in [0.2, 0.25) is 11.8 Å². The summed E-state index contributed by atoms with van der Waals surface area (Å²) in [5.41, 5.74) is 2.31. The SMILES string of the molecule is O=C(C1CCN(CC(=O)N(Cc2ccccc2)c2nc3c(s2)CCCC3)CC1)N1CCCCCC1. The summed E-state index contributed by atoms with van der Waals surface area (Å²) in [5, 5.41) is 0.844. The van der Waals surface area contributed by atoms with Crippen LogP contribution in [0.4, 0.5) is 5.13 Å². The van der Waals surface area contributed by atoms with Crippen LogP contribution in [0.5, 0.6) is 0 Å². The second-order valence-corrected chi connectivity index (χ2v) is 11.4. The number of aromatic nitrogens is 1. The number of amides is 2. The van der Waals surface area contributed by atoms with E-state index >= 15 is 0 Å². The number of aryl methyl sites for hydroxylation is 2. The first-order valence-corrected chi connectivity index (χ1v) is 14.3. The molecule has 188 valence electrons. The summed E-state index contributed by atoms with van der Waals surface area (Å²) in [4.78, 5) is 39.2. The van der Waals surface area contributed by atoms with Gasteiger partial charge in [0.05, 0.1) is 18.8 Å². The number of hydrogen-bond acceptors (Lipinski definition) is 5. The summed E-state index contributed by atoms with van der Waals surface area (Å²) < 4.78 is 0. The molecule has 1 aromatic heterocycles. The lowest BCUT2D eigenvalue weighted by Gasteiger charge is -2.34. The van der Waals surface area contributed by atoms with Crippen molar-refractivity contribution in [1.29, 1.82) is 0 Å². The molecule has 0 unspecified atom stereocenters. The summed E-state index contributed by atoms with van der Waals surface area (Å²) in [7, 11) is 0. The van der Waals surface area contributed by atoms with Gasteiger partial charge in [-0.2, -0.15) is 0 Å². The van der Waals surface area contributed by atoms with Gasteiger partial charge in [0.1, 0.15) is 0 Å². The van der Waals surface area contributed by atoms with E-state index in [1.54, 1.807) is 11.3 Å². The number of likely N-dealkylation sites (tertiary alicyclic amines) is 2. The van der Waals surface area contributed by atoms with Crippen molar-refractivity contribution in [1.82, 2.24) is 14.8 Å². The van der Waals surface area contributed by atoms with E-state index in [1.165, 1.54) is 36.3 Å². The van der Waals surface area contributed by atoms with Gasteiger partial charge in [0.15, 0.2) is 5.13 Å². The largest absolute Gasteiger partial charge is 0.342 e. The van der Waals surface area contributed by atoms with E-state index in [2.05, 4.69) is 21.9 Å². The Hall–Kier alpha value is -2.25. The zero-order valence-electron chi connectivity index (χ0n) is 20.8. The van der Waals surface area contributed by atoms with Gasteiger partial charge >= 0.3 is 0 Å². The van der Waals surface area contributed by atoms with Gasteiger partial charge in [-0.05, 0) is 70.0 Å². The van der Waals surface area contributed by atoms with Gasteiger partial charge in [-0.3, -0.25) is 19.4 Å². The summed E-state index contributed by atoms with van der Waals surface area (Å²) in [6, 6.07) is 10.2. The van der Waals surface area contributed by atoms with Crippen molar-refractivity contribution >= 4 is 28.3 Å². The van der Waals surface area contributed by atoms with Crippen LogP contribution < -0.4 is 4.90 Å². The van der Waals surface area contributed by atoms with E-state index in [-0.39, 0.29) is 11.8 Å². The van der Waals surface area contributed by atoms with Crippen LogP contribution in [0, 0.1) is 5.92 Å². The Morgan fingerprint density at radius 2 is 1.63 bits per heavy atom. The highest BCUT2D eigenvalue weighted by Crippen LogP contribution is 2.33. The summed E-state index contributed by atoms with van der Waals surface area (Å²) >= 11 is 1.70. The van der Waals surface area contributed by atoms with Crippen LogP contribution >= 0.6 is 11.3 Å². The first kappa shape index (κ1) is 24.4. The Kier molecular flexibility index (Phi) is 8.14. The fourth-order valence-electron chi connectivity index (χ4n) is 5.65. The van der Waals surface area contributed by atoms with Crippen molar-refractivity contribution in [3.05, 3.63) is 46.5 Å². The van der Waals surface area contributed by atoms with Gasteiger partial charge < -0.3 is 4.90 Å². The number of thiazole rings is 1. The number of carbonyl (C=O) groups excluding carboxylic acids is 2. The molecule has 35 heavy (non-hydrogen) atoms. The average molecular weight is 495 g/mol. The Morgan fingerprint density at radius 3 is 2.34 bits per heavy atom. The Balaban J connectivity index is 1.22. The highest BCUT2D eigenvalue weighted by Gasteiger charge is 2.31. The lowest BCUT2D eigenvalue weighted by Crippen LogP contribution is -2.46. The number of nitrogens with zero attached hydrogens (tertiary/aromatic N) is 4. The predicted octanol–water partition coefficient (Wildman–Crippen LogP) is 4.67. The van der Waals surface area contributed by atoms with E-state index in [1.807, 2.05) is 23.1 Å². The average Bonchev–Trinajstić information content (AvgIpc) is 3.13. The molecule has 2 aliphatic heterocycles. The standard InChI is InChI=1S/C28H38N4O2S/c33-26(21-30-18-14-23(15-19-30)27(34)31-16-8-1-2-9-17-31)32(20-22-10-4-3-5-11-22)28-29-24-12-6-7-13-25(24)35-28/h3-5,10-11,23H,1-2,6-9,12-21H2. The third-order valence-electron chi connectivity index (χ3n) is 7.76. The van der Waals surface area contributed by atoms with Gasteiger partial charge in [-0.15, -0.1) is 11.3 Å². The fraction of sp³-hybridized carbons (Fsp3) is 0.607. The van der Waals surface area contributed by atoms with Gasteiger partial charge in [-0.25, -0.2) is 4.98 Å². The Labute approximate surface area is 213 Å². The molecule has 0 saturated carbocycles. The second-order valence-electron chi connectivity index (χ2n) is 10.3. The zero-order valence-corrected chi connectivity index (χ0v) is 21.6. The smallest absolute Gasteiger partial charge is 0.243 e. The molecule has 5 rings (SSSR count). The molecule has 1 aromatic carbocycles. The van der Waals surface area contributed by atoms with Crippen LogP contribution in [0.15, 0.2) is 30.3 Å². The molecule has 2 aromatic rings. The minimum absolute atomic E-state index is 0.109. The minimum atomic E-state index is 0.109. The predicted molar refractivity (Wildman–Crippen MR) is 141 cm³/mol. The van der Waals surface area contributed by atoms with Crippen LogP contribution in [0.1, 0.15) is 67.5 Å². The van der Waals surface area contributed by atoms with Crippen LogP contribution in [0.2, 0.25) is 0 Å². The number of piperidine rings is 1. The second kappa shape index (κ2) is 11.7. The molecule has 0 radical (unpaired) electrons. The Bertz CT molecular complexity index is 968. The first-order valence-electron chi connectivity index (χ1n) is 13.5. The molecule has 2 fully saturated rings. The monoisotopic (exact) mass is 494 g/mol. The molecule has 2 amide bonds. The summed E-state index contributed by atoms with van der Waals surface area (Å²) in [5.74, 6) is 0.569. The molecule has 0 bridgehead atoms. The molecule has 0 N–H and O–H groups in total. The highest BCUT2D eigenvalue weighted by molar-refractivity contribution is 7.15. The number of fused-ring (bicyclic) bond motifs is 1. The van der Waals surface area contributed by atoms with Gasteiger partial charge in [0, 0.05) is 23.9 Å². The van der Waals surface area contributed by atoms with Crippen molar-refractivity contribution in [2.45, 2.75) is 70.8 Å². The van der Waals surface area contributed by atoms with Crippen molar-refractivity contribution in [3.8, 4) is 0 Å². The van der Waals surface area contributed by atoms with Crippen molar-refractivity contribution in [2.24, 2.45) is 5.92 Å². The van der Waals surface area contributed by atoms with E-state index in [0.717, 1.165) is 75.4 Å². The molecule has 2 saturated heterocycles. The van der Waals surface area contributed by atoms with E-state index in [9.17, 15) is 9.59 Å². The third kappa shape index (κ3) is 6.12. The van der Waals surface area contributed by atoms with Gasteiger partial charge in [-0.1, -0.05) is 43.2 Å². The van der Waals surface area contributed by atoms with E-state index < -0.39 is 0 Å². The molecule has 0 spiro atoms. The quantitative estimate of drug-likeness (QED) is 0.586. The summed E-state index contributed by atoms with van der Waals surface area (Å²) in [6.45, 7) is 4.40. The number of carbonyl (C=O) groups is 2. The highest BCUT2D eigenvalue weighted by atomic mass is 32.1. The summed E-state index contributed by atoms with van der Waals surface area (Å²) in [6.07, 6.45) is 11.0. The molecule has 0 atom stereocenters. The topological polar surface area (TPSA) is 56.8 Å². The molecule has 1 aliphatic carbocycles. The van der Waals surface area contributed by atoms with Crippen LogP contribution in [0.3, 0.4) is 0 Å². The maximum atomic E-state index is 13.6. The lowest BCUT2D eigenvalue weighted by molar-refractivity contribution is -0.137.